The summed E-state index contributed by atoms with van der Waals surface area (Å²) in [6.45, 7) is 2.13. The first-order chi connectivity index (χ1) is 15.0. The molecule has 2 unspecified atom stereocenters. The van der Waals surface area contributed by atoms with Gasteiger partial charge in [-0.15, -0.1) is 0 Å². The third-order valence-corrected chi connectivity index (χ3v) is 5.93. The first kappa shape index (κ1) is 19.2. The Morgan fingerprint density at radius 2 is 1.74 bits per heavy atom. The number of methoxy groups -OCH3 is 1. The van der Waals surface area contributed by atoms with Crippen LogP contribution in [0.3, 0.4) is 0 Å². The number of nitrogens with zero attached hydrogens (tertiary/aromatic N) is 5. The zero-order valence-electron chi connectivity index (χ0n) is 17.6. The number of hydrogen-bond donors (Lipinski definition) is 0. The van der Waals surface area contributed by atoms with Crippen LogP contribution in [0.15, 0.2) is 65.8 Å². The van der Waals surface area contributed by atoms with Crippen molar-refractivity contribution in [2.24, 2.45) is 4.99 Å². The third-order valence-electron chi connectivity index (χ3n) is 5.93. The van der Waals surface area contributed by atoms with Crippen molar-refractivity contribution in [3.05, 3.63) is 66.4 Å². The lowest BCUT2D eigenvalue weighted by molar-refractivity contribution is -0.136. The molecule has 3 aliphatic heterocycles. The van der Waals surface area contributed by atoms with Gasteiger partial charge in [0, 0.05) is 31.0 Å². The van der Waals surface area contributed by atoms with Crippen molar-refractivity contribution < 1.29 is 14.3 Å². The van der Waals surface area contributed by atoms with E-state index in [1.54, 1.807) is 26.0 Å². The number of carbonyl (C=O) groups is 2. The van der Waals surface area contributed by atoms with Crippen LogP contribution in [0.5, 0.6) is 5.75 Å². The summed E-state index contributed by atoms with van der Waals surface area (Å²) in [5, 5.41) is 0. The van der Waals surface area contributed by atoms with Gasteiger partial charge in [0.1, 0.15) is 5.75 Å². The molecule has 0 N–H and O–H groups in total. The highest BCUT2D eigenvalue weighted by atomic mass is 16.5. The number of fused-ring (bicyclic) bond motifs is 3. The molecular weight excluding hydrogens is 394 g/mol. The quantitative estimate of drug-likeness (QED) is 0.765. The van der Waals surface area contributed by atoms with Gasteiger partial charge in [0.05, 0.1) is 12.8 Å². The van der Waals surface area contributed by atoms with Crippen molar-refractivity contribution in [1.29, 1.82) is 0 Å². The Kier molecular flexibility index (Phi) is 4.43. The van der Waals surface area contributed by atoms with Gasteiger partial charge in [-0.05, 0) is 31.2 Å². The summed E-state index contributed by atoms with van der Waals surface area (Å²) in [4.78, 5) is 37.4. The van der Waals surface area contributed by atoms with E-state index >= 15 is 0 Å². The van der Waals surface area contributed by atoms with Crippen molar-refractivity contribution >= 4 is 29.3 Å². The predicted molar refractivity (Wildman–Crippen MR) is 117 cm³/mol. The minimum Gasteiger partial charge on any atom is -0.497 e. The number of urea groups is 1. The zero-order valence-corrected chi connectivity index (χ0v) is 17.6. The van der Waals surface area contributed by atoms with E-state index in [1.807, 2.05) is 70.6 Å². The number of benzene rings is 2. The minimum atomic E-state index is -0.584. The van der Waals surface area contributed by atoms with Gasteiger partial charge in [-0.3, -0.25) is 19.5 Å². The number of imide groups is 1. The standard InChI is InChI=1S/C23H23N5O3/c1-4-26-21(29)19-20(25(2)23(26)30)24-22-27(19)14-18(15-8-6-5-7-9-15)28(22)16-10-12-17(31-3)13-11-16/h5-14,19-20H,4H2,1-3H3. The van der Waals surface area contributed by atoms with E-state index in [-0.39, 0.29) is 11.9 Å². The monoisotopic (exact) mass is 417 g/mol. The smallest absolute Gasteiger partial charge is 0.328 e. The lowest BCUT2D eigenvalue weighted by atomic mass is 10.1. The van der Waals surface area contributed by atoms with Gasteiger partial charge >= 0.3 is 6.03 Å². The van der Waals surface area contributed by atoms with E-state index in [1.165, 1.54) is 4.90 Å². The molecular formula is C23H23N5O3. The van der Waals surface area contributed by atoms with Crippen molar-refractivity contribution in [3.8, 4) is 5.75 Å². The van der Waals surface area contributed by atoms with E-state index in [2.05, 4.69) is 0 Å². The van der Waals surface area contributed by atoms with Gasteiger partial charge < -0.3 is 9.64 Å². The molecule has 2 atom stereocenters. The second kappa shape index (κ2) is 7.16. The maximum Gasteiger partial charge on any atom is 0.328 e. The SMILES string of the molecule is CCN1C(=O)C2C(N=C3N(c4ccc(OC)cc4)C(c4ccccc4)=CN32)N(C)C1=O. The molecule has 0 radical (unpaired) electrons. The average molecular weight is 417 g/mol. The van der Waals surface area contributed by atoms with Crippen LogP contribution < -0.4 is 9.64 Å². The summed E-state index contributed by atoms with van der Waals surface area (Å²) in [5.74, 6) is 1.16. The van der Waals surface area contributed by atoms with Gasteiger partial charge in [0.25, 0.3) is 5.91 Å². The molecule has 158 valence electrons. The fourth-order valence-corrected chi connectivity index (χ4v) is 4.32. The van der Waals surface area contributed by atoms with Gasteiger partial charge in [0.15, 0.2) is 12.2 Å². The molecule has 1 fully saturated rings. The molecule has 5 rings (SSSR count). The Morgan fingerprint density at radius 3 is 2.39 bits per heavy atom. The molecule has 3 heterocycles. The van der Waals surface area contributed by atoms with Crippen LogP contribution >= 0.6 is 0 Å². The maximum atomic E-state index is 13.2. The summed E-state index contributed by atoms with van der Waals surface area (Å²) in [6.07, 6.45) is 1.39. The van der Waals surface area contributed by atoms with Gasteiger partial charge in [0.2, 0.25) is 5.96 Å². The molecule has 3 amide bonds. The molecule has 0 saturated carbocycles. The summed E-state index contributed by atoms with van der Waals surface area (Å²) < 4.78 is 5.30. The normalized spacial score (nSPS) is 22.4. The first-order valence-corrected chi connectivity index (χ1v) is 10.2. The van der Waals surface area contributed by atoms with Crippen molar-refractivity contribution in [2.45, 2.75) is 19.1 Å². The molecule has 8 nitrogen and oxygen atoms in total. The summed E-state index contributed by atoms with van der Waals surface area (Å²) in [5.41, 5.74) is 2.81. The minimum absolute atomic E-state index is 0.227. The molecule has 0 aromatic heterocycles. The third kappa shape index (κ3) is 2.78. The number of guanidine groups is 1. The number of carbonyl (C=O) groups excluding carboxylic acids is 2. The second-order valence-corrected chi connectivity index (χ2v) is 7.58. The predicted octanol–water partition coefficient (Wildman–Crippen LogP) is 2.79. The van der Waals surface area contributed by atoms with Crippen molar-refractivity contribution in [2.75, 3.05) is 25.6 Å². The fourth-order valence-electron chi connectivity index (χ4n) is 4.32. The van der Waals surface area contributed by atoms with Crippen LogP contribution in [-0.4, -0.2) is 65.5 Å². The van der Waals surface area contributed by atoms with Gasteiger partial charge in [-0.25, -0.2) is 9.79 Å². The van der Waals surface area contributed by atoms with Crippen LogP contribution in [0.4, 0.5) is 10.5 Å². The molecule has 3 aliphatic rings. The number of anilines is 1. The molecule has 8 heteroatoms. The second-order valence-electron chi connectivity index (χ2n) is 7.58. The molecule has 31 heavy (non-hydrogen) atoms. The van der Waals surface area contributed by atoms with Gasteiger partial charge in [-0.1, -0.05) is 30.3 Å². The van der Waals surface area contributed by atoms with Crippen LogP contribution in [0.25, 0.3) is 5.70 Å². The Bertz CT molecular complexity index is 1100. The average Bonchev–Trinajstić information content (AvgIpc) is 3.35. The number of ether oxygens (including phenoxy) is 1. The number of rotatable bonds is 4. The lowest BCUT2D eigenvalue weighted by Gasteiger charge is -2.39. The number of amides is 3. The Balaban J connectivity index is 1.62. The highest BCUT2D eigenvalue weighted by Gasteiger charge is 2.54. The summed E-state index contributed by atoms with van der Waals surface area (Å²) in [7, 11) is 3.33. The first-order valence-electron chi connectivity index (χ1n) is 10.2. The number of hydrogen-bond acceptors (Lipinski definition) is 6. The van der Waals surface area contributed by atoms with Crippen molar-refractivity contribution in [3.63, 3.8) is 0 Å². The van der Waals surface area contributed by atoms with Crippen LogP contribution in [0.2, 0.25) is 0 Å². The topological polar surface area (TPSA) is 68.7 Å². The highest BCUT2D eigenvalue weighted by molar-refractivity contribution is 6.16. The maximum absolute atomic E-state index is 13.2. The van der Waals surface area contributed by atoms with Crippen molar-refractivity contribution in [1.82, 2.24) is 14.7 Å². The molecule has 2 aromatic carbocycles. The van der Waals surface area contributed by atoms with E-state index in [4.69, 9.17) is 9.73 Å². The Hall–Kier alpha value is -3.81. The molecule has 1 saturated heterocycles. The van der Waals surface area contributed by atoms with Crippen LogP contribution in [0.1, 0.15) is 12.5 Å². The fraction of sp³-hybridized carbons (Fsp3) is 0.261. The molecule has 0 aliphatic carbocycles. The van der Waals surface area contributed by atoms with E-state index in [0.717, 1.165) is 22.7 Å². The molecule has 2 aromatic rings. The summed E-state index contributed by atoms with van der Waals surface area (Å²) >= 11 is 0. The Labute approximate surface area is 180 Å². The molecule has 0 spiro atoms. The molecule has 0 bridgehead atoms. The largest absolute Gasteiger partial charge is 0.497 e. The summed E-state index contributed by atoms with van der Waals surface area (Å²) in [6, 6.07) is 16.8. The van der Waals surface area contributed by atoms with Crippen LogP contribution in [0, 0.1) is 0 Å². The zero-order chi connectivity index (χ0) is 21.7. The van der Waals surface area contributed by atoms with E-state index in [9.17, 15) is 9.59 Å². The van der Waals surface area contributed by atoms with E-state index < -0.39 is 12.2 Å². The number of likely N-dealkylation sites (N-methyl/N-ethyl adjacent to an activating group) is 2. The lowest BCUT2D eigenvalue weighted by Crippen LogP contribution is -2.64. The van der Waals surface area contributed by atoms with Crippen LogP contribution in [-0.2, 0) is 4.79 Å². The highest BCUT2D eigenvalue weighted by Crippen LogP contribution is 2.40. The number of aliphatic imine (C=N–C) groups is 1. The van der Waals surface area contributed by atoms with E-state index in [0.29, 0.717) is 12.5 Å². The Morgan fingerprint density at radius 1 is 1.03 bits per heavy atom. The van der Waals surface area contributed by atoms with Gasteiger partial charge in [-0.2, -0.15) is 0 Å².